The average Bonchev–Trinajstić information content (AvgIpc) is 3.33. The van der Waals surface area contributed by atoms with Crippen molar-refractivity contribution in [2.24, 2.45) is 0 Å². The normalized spacial score (nSPS) is 10.9. The molecule has 0 saturated heterocycles. The second-order valence-electron chi connectivity index (χ2n) is 9.19. The van der Waals surface area contributed by atoms with E-state index in [2.05, 4.69) is 120 Å². The van der Waals surface area contributed by atoms with Crippen molar-refractivity contribution >= 4 is 0 Å². The summed E-state index contributed by atoms with van der Waals surface area (Å²) in [6.45, 7) is 0. The maximum atomic E-state index is 5.49. The lowest BCUT2D eigenvalue weighted by Crippen LogP contribution is -2.04. The molecule has 0 radical (unpaired) electrons. The van der Waals surface area contributed by atoms with Gasteiger partial charge < -0.3 is 9.30 Å². The Balaban J connectivity index is 1.77. The van der Waals surface area contributed by atoms with Crippen LogP contribution in [0, 0.1) is 0 Å². The Morgan fingerprint density at radius 1 is 0.605 bits per heavy atom. The van der Waals surface area contributed by atoms with Crippen LogP contribution < -0.4 is 4.74 Å². The van der Waals surface area contributed by atoms with Crippen molar-refractivity contribution in [2.45, 2.75) is 6.42 Å². The van der Waals surface area contributed by atoms with Gasteiger partial charge in [-0.25, -0.2) is 0 Å². The number of methoxy groups -OCH3 is 1. The Bertz CT molecular complexity index is 1620. The van der Waals surface area contributed by atoms with E-state index in [1.54, 1.807) is 7.11 Å². The van der Waals surface area contributed by atoms with Gasteiger partial charge in [0, 0.05) is 35.1 Å². The molecule has 0 aliphatic carbocycles. The number of nitrogens with zero attached hydrogens (tertiary/aromatic N) is 2. The summed E-state index contributed by atoms with van der Waals surface area (Å²) in [5.74, 6) is 0.833. The smallest absolute Gasteiger partial charge is 0.119 e. The lowest BCUT2D eigenvalue weighted by molar-refractivity contribution is 0.414. The predicted octanol–water partition coefficient (Wildman–Crippen LogP) is 8.47. The van der Waals surface area contributed by atoms with Gasteiger partial charge in [0.1, 0.15) is 5.75 Å². The minimum atomic E-state index is 0.755. The van der Waals surface area contributed by atoms with Crippen LogP contribution in [0.4, 0.5) is 0 Å². The highest BCUT2D eigenvalue weighted by Gasteiger charge is 2.27. The van der Waals surface area contributed by atoms with Crippen LogP contribution in [-0.2, 0) is 6.42 Å². The third kappa shape index (κ3) is 4.51. The number of pyridine rings is 1. The van der Waals surface area contributed by atoms with Gasteiger partial charge in [-0.2, -0.15) is 0 Å². The molecule has 0 atom stereocenters. The van der Waals surface area contributed by atoms with Gasteiger partial charge in [-0.1, -0.05) is 97.1 Å². The monoisotopic (exact) mass is 492 g/mol. The first-order valence-corrected chi connectivity index (χ1v) is 12.8. The number of hydrogen-bond acceptors (Lipinski definition) is 2. The molecule has 3 heteroatoms. The van der Waals surface area contributed by atoms with Crippen molar-refractivity contribution in [3.8, 4) is 45.1 Å². The molecule has 6 aromatic rings. The topological polar surface area (TPSA) is 27.1 Å². The average molecular weight is 493 g/mol. The van der Waals surface area contributed by atoms with E-state index in [1.165, 1.54) is 16.8 Å². The highest BCUT2D eigenvalue weighted by atomic mass is 16.5. The Kier molecular flexibility index (Phi) is 6.57. The minimum Gasteiger partial charge on any atom is -0.497 e. The standard InChI is InChI=1S/C35H28N2O/c1-38-30-22-20-29(21-23-30)37-32(25-26-13-5-2-6-14-26)34(31-19-11-12-24-36-31)33(27-15-7-3-8-16-27)35(37)28-17-9-4-10-18-28/h2-24H,25H2,1H3. The van der Waals surface area contributed by atoms with Gasteiger partial charge >= 0.3 is 0 Å². The maximum absolute atomic E-state index is 5.49. The molecule has 0 saturated carbocycles. The summed E-state index contributed by atoms with van der Waals surface area (Å²) in [4.78, 5) is 4.87. The third-order valence-electron chi connectivity index (χ3n) is 6.84. The Labute approximate surface area is 223 Å². The van der Waals surface area contributed by atoms with E-state index in [-0.39, 0.29) is 0 Å². The molecular formula is C35H28N2O. The van der Waals surface area contributed by atoms with E-state index in [1.807, 2.05) is 24.4 Å². The van der Waals surface area contributed by atoms with Crippen LogP contribution in [0.3, 0.4) is 0 Å². The lowest BCUT2D eigenvalue weighted by atomic mass is 9.94. The zero-order valence-corrected chi connectivity index (χ0v) is 21.3. The fraction of sp³-hybridized carbons (Fsp3) is 0.0571. The first-order chi connectivity index (χ1) is 18.8. The number of aromatic nitrogens is 2. The van der Waals surface area contributed by atoms with Crippen molar-refractivity contribution in [3.05, 3.63) is 151 Å². The van der Waals surface area contributed by atoms with Crippen LogP contribution in [0.15, 0.2) is 140 Å². The van der Waals surface area contributed by atoms with Crippen LogP contribution in [0.1, 0.15) is 11.3 Å². The van der Waals surface area contributed by atoms with Crippen LogP contribution in [0.5, 0.6) is 5.75 Å². The fourth-order valence-corrected chi connectivity index (χ4v) is 5.14. The van der Waals surface area contributed by atoms with E-state index in [0.29, 0.717) is 0 Å². The summed E-state index contributed by atoms with van der Waals surface area (Å²) in [5, 5.41) is 0. The minimum absolute atomic E-state index is 0.755. The molecule has 2 aromatic heterocycles. The van der Waals surface area contributed by atoms with Gasteiger partial charge in [-0.3, -0.25) is 4.98 Å². The summed E-state index contributed by atoms with van der Waals surface area (Å²) in [5.41, 5.74) is 10.3. The Hall–Kier alpha value is -4.89. The van der Waals surface area contributed by atoms with Gasteiger partial charge in [0.05, 0.1) is 18.5 Å². The molecule has 0 bridgehead atoms. The molecule has 2 heterocycles. The molecule has 0 fully saturated rings. The number of hydrogen-bond donors (Lipinski definition) is 0. The first kappa shape index (κ1) is 23.5. The molecular weight excluding hydrogens is 464 g/mol. The SMILES string of the molecule is COc1ccc(-n2c(Cc3ccccc3)c(-c3ccccn3)c(-c3ccccc3)c2-c2ccccc2)cc1. The lowest BCUT2D eigenvalue weighted by Gasteiger charge is -2.16. The van der Waals surface area contributed by atoms with Crippen LogP contribution in [0.25, 0.3) is 39.3 Å². The van der Waals surface area contributed by atoms with Gasteiger partial charge in [0.15, 0.2) is 0 Å². The van der Waals surface area contributed by atoms with Crippen LogP contribution in [0.2, 0.25) is 0 Å². The summed E-state index contributed by atoms with van der Waals surface area (Å²) in [7, 11) is 1.70. The second kappa shape index (κ2) is 10.6. The van der Waals surface area contributed by atoms with Gasteiger partial charge in [-0.05, 0) is 53.1 Å². The Morgan fingerprint density at radius 2 is 1.21 bits per heavy atom. The third-order valence-corrected chi connectivity index (χ3v) is 6.84. The number of ether oxygens (including phenoxy) is 1. The molecule has 0 aliphatic rings. The summed E-state index contributed by atoms with van der Waals surface area (Å²) >= 11 is 0. The second-order valence-corrected chi connectivity index (χ2v) is 9.19. The molecule has 38 heavy (non-hydrogen) atoms. The molecule has 0 spiro atoms. The molecule has 3 nitrogen and oxygen atoms in total. The summed E-state index contributed by atoms with van der Waals surface area (Å²) in [6.07, 6.45) is 2.63. The van der Waals surface area contributed by atoms with E-state index < -0.39 is 0 Å². The van der Waals surface area contributed by atoms with E-state index in [9.17, 15) is 0 Å². The first-order valence-electron chi connectivity index (χ1n) is 12.8. The highest BCUT2D eigenvalue weighted by molar-refractivity contribution is 5.96. The van der Waals surface area contributed by atoms with Crippen molar-refractivity contribution in [1.82, 2.24) is 9.55 Å². The van der Waals surface area contributed by atoms with Gasteiger partial charge in [0.25, 0.3) is 0 Å². The highest BCUT2D eigenvalue weighted by Crippen LogP contribution is 2.46. The molecule has 184 valence electrons. The zero-order valence-electron chi connectivity index (χ0n) is 21.3. The summed E-state index contributed by atoms with van der Waals surface area (Å²) < 4.78 is 7.90. The van der Waals surface area contributed by atoms with Gasteiger partial charge in [0.2, 0.25) is 0 Å². The number of rotatable bonds is 7. The fourth-order valence-electron chi connectivity index (χ4n) is 5.14. The maximum Gasteiger partial charge on any atom is 0.119 e. The van der Waals surface area contributed by atoms with Crippen molar-refractivity contribution in [2.75, 3.05) is 7.11 Å². The molecule has 4 aromatic carbocycles. The van der Waals surface area contributed by atoms with Crippen LogP contribution >= 0.6 is 0 Å². The quantitative estimate of drug-likeness (QED) is 0.223. The molecule has 0 amide bonds. The van der Waals surface area contributed by atoms with Crippen molar-refractivity contribution in [1.29, 1.82) is 0 Å². The number of benzene rings is 4. The Morgan fingerprint density at radius 3 is 1.82 bits per heavy atom. The van der Waals surface area contributed by atoms with E-state index in [4.69, 9.17) is 9.72 Å². The molecule has 0 aliphatic heterocycles. The summed E-state index contributed by atoms with van der Waals surface area (Å²) in [6, 6.07) is 46.5. The van der Waals surface area contributed by atoms with E-state index >= 15 is 0 Å². The predicted molar refractivity (Wildman–Crippen MR) is 156 cm³/mol. The van der Waals surface area contributed by atoms with E-state index in [0.717, 1.165) is 45.9 Å². The van der Waals surface area contributed by atoms with Crippen molar-refractivity contribution in [3.63, 3.8) is 0 Å². The molecule has 6 rings (SSSR count). The zero-order chi connectivity index (χ0) is 25.7. The molecule has 0 N–H and O–H groups in total. The van der Waals surface area contributed by atoms with Crippen molar-refractivity contribution < 1.29 is 4.74 Å². The van der Waals surface area contributed by atoms with Gasteiger partial charge in [-0.15, -0.1) is 0 Å². The largest absolute Gasteiger partial charge is 0.497 e. The van der Waals surface area contributed by atoms with Crippen LogP contribution in [-0.4, -0.2) is 16.7 Å². The molecule has 0 unspecified atom stereocenters.